The third-order valence-corrected chi connectivity index (χ3v) is 6.50. The highest BCUT2D eigenvalue weighted by atomic mass is 16.5. The summed E-state index contributed by atoms with van der Waals surface area (Å²) in [7, 11) is 0. The summed E-state index contributed by atoms with van der Waals surface area (Å²) in [6, 6.07) is 8.73. The zero-order valence-corrected chi connectivity index (χ0v) is 16.7. The Hall–Kier alpha value is -2.35. The topological polar surface area (TPSA) is 112 Å². The lowest BCUT2D eigenvalue weighted by Crippen LogP contribution is -2.51. The van der Waals surface area contributed by atoms with Crippen LogP contribution in [0, 0.1) is 11.8 Å². The van der Waals surface area contributed by atoms with Crippen molar-refractivity contribution in [3.05, 3.63) is 47.4 Å². The second-order valence-corrected chi connectivity index (χ2v) is 8.06. The summed E-state index contributed by atoms with van der Waals surface area (Å²) in [5.41, 5.74) is 9.10. The molecule has 1 fully saturated rings. The van der Waals surface area contributed by atoms with Crippen LogP contribution in [0.3, 0.4) is 0 Å². The molecule has 3 aliphatic rings. The molecule has 7 heteroatoms. The molecule has 1 aromatic carbocycles. The summed E-state index contributed by atoms with van der Waals surface area (Å²) < 4.78 is 5.64. The number of carboxylic acid groups (broad SMARTS) is 1. The molecule has 0 radical (unpaired) electrons. The number of hydrogen-bond donors (Lipinski definition) is 4. The Bertz CT molecular complexity index is 920. The second-order valence-electron chi connectivity index (χ2n) is 8.06. The number of aliphatic hydroxyl groups is 1. The average Bonchev–Trinajstić information content (AvgIpc) is 3.12. The summed E-state index contributed by atoms with van der Waals surface area (Å²) in [4.78, 5) is 17.8. The Kier molecular flexibility index (Phi) is 5.63. The van der Waals surface area contributed by atoms with E-state index in [9.17, 15) is 9.90 Å². The van der Waals surface area contributed by atoms with Gasteiger partial charge in [0.2, 0.25) is 0 Å². The molecule has 4 atom stereocenters. The number of nitrogens with zero attached hydrogens (tertiary/aromatic N) is 1. The number of benzene rings is 1. The predicted octanol–water partition coefficient (Wildman–Crippen LogP) is 2.03. The van der Waals surface area contributed by atoms with Gasteiger partial charge in [0.25, 0.3) is 0 Å². The van der Waals surface area contributed by atoms with E-state index in [0.717, 1.165) is 25.9 Å². The SMILES string of the molecule is C[C@@H]1OC=C(C(=O)O)[C@H]2C[C@H]3c4[nH]c5ccccc5c4CCN3C[C@@H]12.NCCO. The third kappa shape index (κ3) is 3.54. The number of aromatic amines is 1. The lowest BCUT2D eigenvalue weighted by atomic mass is 9.72. The van der Waals surface area contributed by atoms with Gasteiger partial charge in [0.05, 0.1) is 30.6 Å². The van der Waals surface area contributed by atoms with E-state index in [1.54, 1.807) is 0 Å². The van der Waals surface area contributed by atoms with E-state index in [4.69, 9.17) is 15.6 Å². The van der Waals surface area contributed by atoms with E-state index in [1.165, 1.54) is 28.4 Å². The van der Waals surface area contributed by atoms with Crippen molar-refractivity contribution in [1.29, 1.82) is 0 Å². The Balaban J connectivity index is 0.000000472. The van der Waals surface area contributed by atoms with E-state index in [1.807, 2.05) is 0 Å². The lowest BCUT2D eigenvalue weighted by Gasteiger charge is -2.49. The maximum Gasteiger partial charge on any atom is 0.334 e. The molecule has 7 nitrogen and oxygen atoms in total. The molecule has 29 heavy (non-hydrogen) atoms. The van der Waals surface area contributed by atoms with Crippen molar-refractivity contribution in [2.24, 2.45) is 17.6 Å². The third-order valence-electron chi connectivity index (χ3n) is 6.50. The number of fused-ring (bicyclic) bond motifs is 6. The van der Waals surface area contributed by atoms with Gasteiger partial charge in [0, 0.05) is 48.1 Å². The Morgan fingerprint density at radius 1 is 1.38 bits per heavy atom. The zero-order valence-electron chi connectivity index (χ0n) is 16.7. The molecule has 0 amide bonds. The number of ether oxygens (including phenoxy) is 1. The van der Waals surface area contributed by atoms with Gasteiger partial charge in [-0.3, -0.25) is 4.90 Å². The van der Waals surface area contributed by atoms with Crippen molar-refractivity contribution in [1.82, 2.24) is 9.88 Å². The van der Waals surface area contributed by atoms with Gasteiger partial charge in [-0.25, -0.2) is 4.79 Å². The summed E-state index contributed by atoms with van der Waals surface area (Å²) in [6.07, 6.45) is 3.44. The van der Waals surface area contributed by atoms with E-state index < -0.39 is 5.97 Å². The first-order valence-electron chi connectivity index (χ1n) is 10.3. The van der Waals surface area contributed by atoms with E-state index in [2.05, 4.69) is 41.1 Å². The highest BCUT2D eigenvalue weighted by Gasteiger charge is 2.46. The fourth-order valence-electron chi connectivity index (χ4n) is 5.08. The Morgan fingerprint density at radius 2 is 2.14 bits per heavy atom. The number of nitrogens with two attached hydrogens (primary N) is 1. The normalized spacial score (nSPS) is 28.2. The van der Waals surface area contributed by atoms with Crippen LogP contribution in [-0.2, 0) is 16.0 Å². The highest BCUT2D eigenvalue weighted by molar-refractivity contribution is 5.87. The van der Waals surface area contributed by atoms with Crippen LogP contribution in [-0.4, -0.2) is 58.4 Å². The van der Waals surface area contributed by atoms with Gasteiger partial charge >= 0.3 is 5.97 Å². The van der Waals surface area contributed by atoms with E-state index in [0.29, 0.717) is 12.1 Å². The number of hydrogen-bond acceptors (Lipinski definition) is 5. The molecule has 0 saturated carbocycles. The second kappa shape index (κ2) is 8.18. The molecule has 5 rings (SSSR count). The Labute approximate surface area is 170 Å². The highest BCUT2D eigenvalue weighted by Crippen LogP contribution is 2.47. The summed E-state index contributed by atoms with van der Waals surface area (Å²) in [6.45, 7) is 4.46. The monoisotopic (exact) mass is 399 g/mol. The van der Waals surface area contributed by atoms with Gasteiger partial charge in [-0.15, -0.1) is 0 Å². The minimum Gasteiger partial charge on any atom is -0.497 e. The minimum absolute atomic E-state index is 0.0554. The van der Waals surface area contributed by atoms with Crippen molar-refractivity contribution >= 4 is 16.9 Å². The molecule has 1 aromatic heterocycles. The van der Waals surface area contributed by atoms with Crippen LogP contribution < -0.4 is 5.73 Å². The standard InChI is InChI=1S/C20H22N2O3.C2H7NO/c1-11-15-9-22-7-6-13-12-4-2-3-5-17(12)21-19(13)18(22)8-14(15)16(10-25-11)20(23)24;3-1-2-4/h2-5,10-11,14-15,18,21H,6-9H2,1H3,(H,23,24);4H,1-3H2/t11-,14-,15-,18-;/m0./s1. The van der Waals surface area contributed by atoms with Crippen LogP contribution >= 0.6 is 0 Å². The number of carbonyl (C=O) groups is 1. The number of H-pyrrole nitrogens is 1. The first-order valence-corrected chi connectivity index (χ1v) is 10.3. The number of piperidine rings is 1. The van der Waals surface area contributed by atoms with Crippen LogP contribution in [0.25, 0.3) is 10.9 Å². The van der Waals surface area contributed by atoms with Gasteiger partial charge in [-0.05, 0) is 31.4 Å². The fourth-order valence-corrected chi connectivity index (χ4v) is 5.08. The van der Waals surface area contributed by atoms with Crippen molar-refractivity contribution in [3.63, 3.8) is 0 Å². The molecule has 0 aliphatic carbocycles. The van der Waals surface area contributed by atoms with Crippen molar-refractivity contribution in [2.75, 3.05) is 26.2 Å². The van der Waals surface area contributed by atoms with E-state index >= 15 is 0 Å². The molecule has 0 bridgehead atoms. The zero-order chi connectivity index (χ0) is 20.5. The molecule has 1 saturated heterocycles. The number of aliphatic carboxylic acids is 1. The Morgan fingerprint density at radius 3 is 2.86 bits per heavy atom. The van der Waals surface area contributed by atoms with E-state index in [-0.39, 0.29) is 30.6 Å². The van der Waals surface area contributed by atoms with Gasteiger partial charge in [-0.1, -0.05) is 18.2 Å². The van der Waals surface area contributed by atoms with Crippen molar-refractivity contribution in [2.45, 2.75) is 31.9 Å². The first kappa shape index (κ1) is 19.9. The maximum atomic E-state index is 11.7. The smallest absolute Gasteiger partial charge is 0.334 e. The minimum atomic E-state index is -0.844. The van der Waals surface area contributed by atoms with Crippen molar-refractivity contribution < 1.29 is 19.7 Å². The summed E-state index contributed by atoms with van der Waals surface area (Å²) in [5.74, 6) is -0.541. The van der Waals surface area contributed by atoms with Gasteiger partial charge in [0.1, 0.15) is 0 Å². The van der Waals surface area contributed by atoms with Crippen LogP contribution in [0.2, 0.25) is 0 Å². The molecular weight excluding hydrogens is 370 g/mol. The molecule has 4 heterocycles. The number of nitrogens with one attached hydrogen (secondary N) is 1. The van der Waals surface area contributed by atoms with Crippen LogP contribution in [0.5, 0.6) is 0 Å². The molecular formula is C22H29N3O4. The molecule has 3 aliphatic heterocycles. The quantitative estimate of drug-likeness (QED) is 0.615. The van der Waals surface area contributed by atoms with Crippen LogP contribution in [0.15, 0.2) is 36.1 Å². The van der Waals surface area contributed by atoms with Crippen LogP contribution in [0.1, 0.15) is 30.6 Å². The van der Waals surface area contributed by atoms with Crippen molar-refractivity contribution in [3.8, 4) is 0 Å². The average molecular weight is 399 g/mol. The largest absolute Gasteiger partial charge is 0.497 e. The van der Waals surface area contributed by atoms with Gasteiger partial charge < -0.3 is 25.7 Å². The predicted molar refractivity (Wildman–Crippen MR) is 110 cm³/mol. The molecule has 156 valence electrons. The first-order chi connectivity index (χ1) is 14.0. The fraction of sp³-hybridized carbons (Fsp3) is 0.500. The molecule has 0 spiro atoms. The van der Waals surface area contributed by atoms with Crippen LogP contribution in [0.4, 0.5) is 0 Å². The summed E-state index contributed by atoms with van der Waals surface area (Å²) >= 11 is 0. The molecule has 0 unspecified atom stereocenters. The number of carboxylic acids is 1. The molecule has 2 aromatic rings. The maximum absolute atomic E-state index is 11.7. The number of rotatable bonds is 2. The molecule has 5 N–H and O–H groups in total. The number of para-hydroxylation sites is 1. The summed E-state index contributed by atoms with van der Waals surface area (Å²) in [5, 5.41) is 18.7. The van der Waals surface area contributed by atoms with Gasteiger partial charge in [-0.2, -0.15) is 0 Å². The number of aliphatic hydroxyl groups excluding tert-OH is 1. The lowest BCUT2D eigenvalue weighted by molar-refractivity contribution is -0.135. The number of aromatic nitrogens is 1. The van der Waals surface area contributed by atoms with Gasteiger partial charge in [0.15, 0.2) is 0 Å².